The third-order valence-electron chi connectivity index (χ3n) is 4.84. The monoisotopic (exact) mass is 560 g/mol. The van der Waals surface area contributed by atoms with E-state index in [9.17, 15) is 14.9 Å². The van der Waals surface area contributed by atoms with E-state index < -0.39 is 10.8 Å². The van der Waals surface area contributed by atoms with E-state index in [0.717, 1.165) is 15.7 Å². The third kappa shape index (κ3) is 6.79. The van der Waals surface area contributed by atoms with Gasteiger partial charge in [-0.05, 0) is 30.3 Å². The van der Waals surface area contributed by atoms with E-state index in [1.165, 1.54) is 24.0 Å². The van der Waals surface area contributed by atoms with Crippen LogP contribution in [0.1, 0.15) is 21.5 Å². The Morgan fingerprint density at radius 1 is 1.22 bits per heavy atom. The van der Waals surface area contributed by atoms with Gasteiger partial charge >= 0.3 is 0 Å². The van der Waals surface area contributed by atoms with Crippen LogP contribution < -0.4 is 10.2 Å². The molecule has 1 N–H and O–H groups in total. The molecule has 0 aromatic heterocycles. The van der Waals surface area contributed by atoms with Crippen LogP contribution in [0.4, 0.5) is 5.69 Å². The molecule has 12 heteroatoms. The number of carbonyl (C=O) groups is 1. The molecular weight excluding hydrogens is 543 g/mol. The summed E-state index contributed by atoms with van der Waals surface area (Å²) in [6.07, 6.45) is 1.35. The van der Waals surface area contributed by atoms with Crippen LogP contribution in [-0.2, 0) is 6.61 Å². The van der Waals surface area contributed by atoms with E-state index in [1.54, 1.807) is 66.4 Å². The first kappa shape index (κ1) is 26.0. The Morgan fingerprint density at radius 2 is 2.06 bits per heavy atom. The lowest BCUT2D eigenvalue weighted by Gasteiger charge is -2.11. The zero-order valence-electron chi connectivity index (χ0n) is 18.5. The van der Waals surface area contributed by atoms with Gasteiger partial charge in [-0.3, -0.25) is 19.9 Å². The van der Waals surface area contributed by atoms with E-state index in [2.05, 4.69) is 15.5 Å². The van der Waals surface area contributed by atoms with Crippen LogP contribution >= 0.6 is 46.7 Å². The van der Waals surface area contributed by atoms with Crippen molar-refractivity contribution < 1.29 is 14.5 Å². The molecule has 1 aliphatic rings. The number of thioether (sulfide) groups is 2. The Labute approximate surface area is 225 Å². The van der Waals surface area contributed by atoms with E-state index in [1.807, 2.05) is 0 Å². The first-order valence-electron chi connectivity index (χ1n) is 10.5. The molecule has 0 saturated heterocycles. The second-order valence-electron chi connectivity index (χ2n) is 7.30. The van der Waals surface area contributed by atoms with Gasteiger partial charge in [0.1, 0.15) is 16.7 Å². The molecule has 0 radical (unpaired) electrons. The number of hydrogen-bond acceptors (Lipinski definition) is 8. The summed E-state index contributed by atoms with van der Waals surface area (Å²) >= 11 is 15.0. The SMILES string of the molecule is O=C(N/N=C/c1ccc(SC2=NCCS2)c([N+](=O)[O-])c1)c1ccccc1OCc1ccc(Cl)cc1Cl. The molecule has 8 nitrogen and oxygen atoms in total. The predicted molar refractivity (Wildman–Crippen MR) is 146 cm³/mol. The highest BCUT2D eigenvalue weighted by molar-refractivity contribution is 8.39. The van der Waals surface area contributed by atoms with Gasteiger partial charge in [0.25, 0.3) is 11.6 Å². The normalized spacial score (nSPS) is 13.0. The molecule has 1 aliphatic heterocycles. The average molecular weight is 561 g/mol. The van der Waals surface area contributed by atoms with Gasteiger partial charge in [0.15, 0.2) is 0 Å². The summed E-state index contributed by atoms with van der Waals surface area (Å²) in [5.74, 6) is 0.729. The van der Waals surface area contributed by atoms with Crippen molar-refractivity contribution in [3.05, 3.63) is 97.5 Å². The summed E-state index contributed by atoms with van der Waals surface area (Å²) in [6, 6.07) is 16.5. The highest BCUT2D eigenvalue weighted by Gasteiger charge is 2.19. The number of hydrazone groups is 1. The molecule has 36 heavy (non-hydrogen) atoms. The molecule has 3 aromatic rings. The van der Waals surface area contributed by atoms with Crippen molar-refractivity contribution in [2.75, 3.05) is 12.3 Å². The van der Waals surface area contributed by atoms with E-state index >= 15 is 0 Å². The first-order valence-corrected chi connectivity index (χ1v) is 13.1. The quantitative estimate of drug-likeness (QED) is 0.193. The number of nitrogens with zero attached hydrogens (tertiary/aromatic N) is 3. The summed E-state index contributed by atoms with van der Waals surface area (Å²) in [7, 11) is 0. The minimum atomic E-state index is -0.498. The number of aliphatic imine (C=N–C) groups is 1. The molecule has 184 valence electrons. The summed E-state index contributed by atoms with van der Waals surface area (Å²) in [5, 5.41) is 16.5. The smallest absolute Gasteiger partial charge is 0.283 e. The Balaban J connectivity index is 1.42. The molecule has 0 saturated carbocycles. The second kappa shape index (κ2) is 12.3. The lowest BCUT2D eigenvalue weighted by molar-refractivity contribution is -0.387. The number of benzene rings is 3. The summed E-state index contributed by atoms with van der Waals surface area (Å²) in [4.78, 5) is 28.7. The van der Waals surface area contributed by atoms with Crippen LogP contribution in [0, 0.1) is 10.1 Å². The number of halogens is 2. The second-order valence-corrected chi connectivity index (χ2v) is 10.5. The topological polar surface area (TPSA) is 106 Å². The van der Waals surface area contributed by atoms with Crippen molar-refractivity contribution >= 4 is 68.9 Å². The molecule has 3 aromatic carbocycles. The summed E-state index contributed by atoms with van der Waals surface area (Å²) in [6.45, 7) is 0.858. The van der Waals surface area contributed by atoms with E-state index in [-0.39, 0.29) is 17.9 Å². The number of amides is 1. The fraction of sp³-hybridized carbons (Fsp3) is 0.125. The van der Waals surface area contributed by atoms with Crippen LogP contribution in [0.3, 0.4) is 0 Å². The van der Waals surface area contributed by atoms with Crippen molar-refractivity contribution in [1.82, 2.24) is 5.43 Å². The van der Waals surface area contributed by atoms with Gasteiger partial charge in [-0.25, -0.2) is 5.43 Å². The molecule has 0 fully saturated rings. The van der Waals surface area contributed by atoms with Crippen LogP contribution in [0.25, 0.3) is 0 Å². The molecule has 0 aliphatic carbocycles. The van der Waals surface area contributed by atoms with Crippen LogP contribution in [0.5, 0.6) is 5.75 Å². The number of nitro benzene ring substituents is 1. The minimum absolute atomic E-state index is 0.0508. The molecule has 4 rings (SSSR count). The Morgan fingerprint density at radius 3 is 2.81 bits per heavy atom. The maximum Gasteiger partial charge on any atom is 0.283 e. The zero-order valence-corrected chi connectivity index (χ0v) is 21.7. The predicted octanol–water partition coefficient (Wildman–Crippen LogP) is 6.44. The lowest BCUT2D eigenvalue weighted by Crippen LogP contribution is -2.18. The van der Waals surface area contributed by atoms with Crippen LogP contribution in [0.15, 0.2) is 75.7 Å². The number of carbonyl (C=O) groups excluding carboxylic acids is 1. The molecule has 0 bridgehead atoms. The zero-order chi connectivity index (χ0) is 25.5. The third-order valence-corrected chi connectivity index (χ3v) is 7.67. The largest absolute Gasteiger partial charge is 0.488 e. The number of rotatable bonds is 8. The van der Waals surface area contributed by atoms with Crippen LogP contribution in [-0.4, -0.2) is 33.7 Å². The van der Waals surface area contributed by atoms with Crippen molar-refractivity contribution in [2.45, 2.75) is 11.5 Å². The maximum absolute atomic E-state index is 12.7. The van der Waals surface area contributed by atoms with Crippen molar-refractivity contribution in [1.29, 1.82) is 0 Å². The van der Waals surface area contributed by atoms with E-state index in [4.69, 9.17) is 27.9 Å². The van der Waals surface area contributed by atoms with Gasteiger partial charge in [-0.2, -0.15) is 5.10 Å². The van der Waals surface area contributed by atoms with Gasteiger partial charge < -0.3 is 4.74 Å². The molecular formula is C24H18Cl2N4O4S2. The lowest BCUT2D eigenvalue weighted by atomic mass is 10.2. The standard InChI is InChI=1S/C24H18Cl2N4O4S2/c25-17-7-6-16(19(26)12-17)14-34-21-4-2-1-3-18(21)23(31)29-28-13-15-5-8-22(20(11-15)30(32)33)36-24-27-9-10-35-24/h1-8,11-13H,9-10,14H2,(H,29,31)/b28-13+. The molecule has 0 spiro atoms. The summed E-state index contributed by atoms with van der Waals surface area (Å²) in [5.41, 5.74) is 3.84. The fourth-order valence-electron chi connectivity index (χ4n) is 3.12. The molecule has 1 amide bonds. The van der Waals surface area contributed by atoms with Gasteiger partial charge in [-0.1, -0.05) is 71.0 Å². The number of ether oxygens (including phenoxy) is 1. The maximum atomic E-state index is 12.7. The van der Waals surface area contributed by atoms with E-state index in [0.29, 0.717) is 32.8 Å². The van der Waals surface area contributed by atoms with Gasteiger partial charge in [0.05, 0.1) is 28.1 Å². The Kier molecular flexibility index (Phi) is 8.87. The van der Waals surface area contributed by atoms with Gasteiger partial charge in [-0.15, -0.1) is 0 Å². The number of nitrogens with one attached hydrogen (secondary N) is 1. The summed E-state index contributed by atoms with van der Waals surface area (Å²) < 4.78 is 6.62. The van der Waals surface area contributed by atoms with Gasteiger partial charge in [0, 0.05) is 33.0 Å². The number of nitro groups is 1. The van der Waals surface area contributed by atoms with Crippen LogP contribution in [0.2, 0.25) is 10.0 Å². The highest BCUT2D eigenvalue weighted by Crippen LogP contribution is 2.35. The molecule has 1 heterocycles. The van der Waals surface area contributed by atoms with Crippen molar-refractivity contribution in [3.63, 3.8) is 0 Å². The van der Waals surface area contributed by atoms with Gasteiger partial charge in [0.2, 0.25) is 0 Å². The number of para-hydroxylation sites is 1. The van der Waals surface area contributed by atoms with Crippen molar-refractivity contribution in [3.8, 4) is 5.75 Å². The highest BCUT2D eigenvalue weighted by atomic mass is 35.5. The van der Waals surface area contributed by atoms with Crippen molar-refractivity contribution in [2.24, 2.45) is 10.1 Å². The fourth-order valence-corrected chi connectivity index (χ4v) is 5.59. The number of hydrogen-bond donors (Lipinski definition) is 1. The average Bonchev–Trinajstić information content (AvgIpc) is 3.37. The molecule has 0 atom stereocenters. The Bertz CT molecular complexity index is 1370. The Hall–Kier alpha value is -3.05. The minimum Gasteiger partial charge on any atom is -0.488 e. The first-order chi connectivity index (χ1) is 17.4. The molecule has 0 unspecified atom stereocenters.